The smallest absolute Gasteiger partial charge is 0.344 e. The molecule has 1 aliphatic carbocycles. The van der Waals surface area contributed by atoms with Crippen molar-refractivity contribution in [2.45, 2.75) is 44.6 Å². The number of hydrogen-bond acceptors (Lipinski definition) is 3. The second-order valence-electron chi connectivity index (χ2n) is 5.09. The minimum Gasteiger partial charge on any atom is -0.482 e. The predicted molar refractivity (Wildman–Crippen MR) is 69.5 cm³/mol. The fourth-order valence-corrected chi connectivity index (χ4v) is 2.36. The molecule has 0 amide bonds. The quantitative estimate of drug-likeness (QED) is 0.767. The minimum atomic E-state index is -0.282. The summed E-state index contributed by atoms with van der Waals surface area (Å²) in [6.45, 7) is 2.01. The fourth-order valence-electron chi connectivity index (χ4n) is 2.36. The van der Waals surface area contributed by atoms with E-state index in [1.165, 1.54) is 6.42 Å². The highest BCUT2D eigenvalue weighted by Gasteiger charge is 2.30. The van der Waals surface area contributed by atoms with Gasteiger partial charge in [-0.2, -0.15) is 0 Å². The highest BCUT2D eigenvalue weighted by Crippen LogP contribution is 2.31. The molecule has 1 aliphatic rings. The van der Waals surface area contributed by atoms with Crippen molar-refractivity contribution in [3.05, 3.63) is 30.3 Å². The molecule has 0 unspecified atom stereocenters. The van der Waals surface area contributed by atoms with Crippen LogP contribution in [0.15, 0.2) is 30.3 Å². The van der Waals surface area contributed by atoms with Crippen molar-refractivity contribution < 1.29 is 14.3 Å². The van der Waals surface area contributed by atoms with Crippen molar-refractivity contribution in [1.29, 1.82) is 0 Å². The largest absolute Gasteiger partial charge is 0.482 e. The predicted octanol–water partition coefficient (Wildman–Crippen LogP) is 3.33. The number of para-hydroxylation sites is 1. The van der Waals surface area contributed by atoms with Gasteiger partial charge in [-0.1, -0.05) is 24.6 Å². The first-order valence-corrected chi connectivity index (χ1v) is 6.58. The normalized spacial score (nSPS) is 18.1. The monoisotopic (exact) mass is 248 g/mol. The molecule has 1 saturated carbocycles. The van der Waals surface area contributed by atoms with Crippen molar-refractivity contribution in [3.63, 3.8) is 0 Å². The van der Waals surface area contributed by atoms with E-state index in [2.05, 4.69) is 0 Å². The van der Waals surface area contributed by atoms with Gasteiger partial charge in [0.1, 0.15) is 11.4 Å². The Morgan fingerprint density at radius 2 is 1.83 bits per heavy atom. The van der Waals surface area contributed by atoms with Crippen LogP contribution in [0.2, 0.25) is 0 Å². The summed E-state index contributed by atoms with van der Waals surface area (Å²) in [5.41, 5.74) is -0.282. The van der Waals surface area contributed by atoms with Gasteiger partial charge in [0, 0.05) is 0 Å². The molecule has 0 heterocycles. The number of rotatable bonds is 4. The summed E-state index contributed by atoms with van der Waals surface area (Å²) in [5.74, 6) is 0.423. The SMILES string of the molecule is CC1(OC(=O)COc2ccccc2)CCCCC1. The summed E-state index contributed by atoms with van der Waals surface area (Å²) in [4.78, 5) is 11.7. The summed E-state index contributed by atoms with van der Waals surface area (Å²) in [6.07, 6.45) is 5.45. The summed E-state index contributed by atoms with van der Waals surface area (Å²) >= 11 is 0. The molecule has 1 aromatic carbocycles. The average Bonchev–Trinajstić information content (AvgIpc) is 2.38. The van der Waals surface area contributed by atoms with E-state index in [0.29, 0.717) is 5.75 Å². The van der Waals surface area contributed by atoms with Crippen LogP contribution in [0.1, 0.15) is 39.0 Å². The maximum absolute atomic E-state index is 11.7. The van der Waals surface area contributed by atoms with E-state index in [-0.39, 0.29) is 18.2 Å². The van der Waals surface area contributed by atoms with E-state index in [4.69, 9.17) is 9.47 Å². The maximum Gasteiger partial charge on any atom is 0.344 e. The van der Waals surface area contributed by atoms with E-state index in [1.807, 2.05) is 37.3 Å². The molecule has 18 heavy (non-hydrogen) atoms. The molecule has 0 radical (unpaired) electrons. The zero-order valence-electron chi connectivity index (χ0n) is 10.9. The summed E-state index contributed by atoms with van der Waals surface area (Å²) in [5, 5.41) is 0. The molecule has 0 aromatic heterocycles. The van der Waals surface area contributed by atoms with Crippen LogP contribution in [0.5, 0.6) is 5.75 Å². The highest BCUT2D eigenvalue weighted by atomic mass is 16.6. The standard InChI is InChI=1S/C15H20O3/c1-15(10-6-3-7-11-15)18-14(16)12-17-13-8-4-2-5-9-13/h2,4-5,8-9H,3,6-7,10-12H2,1H3. The Hall–Kier alpha value is -1.51. The van der Waals surface area contributed by atoms with Crippen LogP contribution in [0.4, 0.5) is 0 Å². The Morgan fingerprint density at radius 1 is 1.17 bits per heavy atom. The van der Waals surface area contributed by atoms with Crippen LogP contribution in [0, 0.1) is 0 Å². The number of esters is 1. The lowest BCUT2D eigenvalue weighted by Gasteiger charge is -2.33. The lowest BCUT2D eigenvalue weighted by molar-refractivity contribution is -0.163. The Labute approximate surface area is 108 Å². The number of benzene rings is 1. The highest BCUT2D eigenvalue weighted by molar-refractivity contribution is 5.71. The summed E-state index contributed by atoms with van der Waals surface area (Å²) < 4.78 is 10.9. The molecule has 0 saturated heterocycles. The molecule has 3 heteroatoms. The van der Waals surface area contributed by atoms with Crippen LogP contribution >= 0.6 is 0 Å². The Bertz CT molecular complexity index is 380. The van der Waals surface area contributed by atoms with E-state index in [9.17, 15) is 4.79 Å². The van der Waals surface area contributed by atoms with Crippen LogP contribution in [0.3, 0.4) is 0 Å². The first-order chi connectivity index (χ1) is 8.68. The zero-order valence-corrected chi connectivity index (χ0v) is 10.9. The van der Waals surface area contributed by atoms with E-state index in [0.717, 1.165) is 25.7 Å². The van der Waals surface area contributed by atoms with E-state index in [1.54, 1.807) is 0 Å². The number of carbonyl (C=O) groups is 1. The third kappa shape index (κ3) is 3.76. The molecule has 1 aromatic rings. The Morgan fingerprint density at radius 3 is 2.50 bits per heavy atom. The molecule has 0 spiro atoms. The van der Waals surface area contributed by atoms with Crippen molar-refractivity contribution in [2.24, 2.45) is 0 Å². The summed E-state index contributed by atoms with van der Waals surface area (Å²) in [7, 11) is 0. The van der Waals surface area contributed by atoms with E-state index >= 15 is 0 Å². The van der Waals surface area contributed by atoms with Crippen molar-refractivity contribution in [2.75, 3.05) is 6.61 Å². The van der Waals surface area contributed by atoms with Gasteiger partial charge < -0.3 is 9.47 Å². The third-order valence-corrected chi connectivity index (χ3v) is 3.37. The molecule has 98 valence electrons. The van der Waals surface area contributed by atoms with Gasteiger partial charge in [-0.15, -0.1) is 0 Å². The van der Waals surface area contributed by atoms with Crippen molar-refractivity contribution >= 4 is 5.97 Å². The van der Waals surface area contributed by atoms with Gasteiger partial charge in [0.05, 0.1) is 0 Å². The van der Waals surface area contributed by atoms with Crippen LogP contribution in [-0.4, -0.2) is 18.2 Å². The van der Waals surface area contributed by atoms with Crippen molar-refractivity contribution in [3.8, 4) is 5.75 Å². The molecule has 1 fully saturated rings. The fraction of sp³-hybridized carbons (Fsp3) is 0.533. The first kappa shape index (κ1) is 12.9. The molecule has 0 aliphatic heterocycles. The van der Waals surface area contributed by atoms with Crippen LogP contribution in [0.25, 0.3) is 0 Å². The van der Waals surface area contributed by atoms with Gasteiger partial charge in [0.2, 0.25) is 0 Å². The zero-order chi connectivity index (χ0) is 12.8. The van der Waals surface area contributed by atoms with Crippen LogP contribution < -0.4 is 4.74 Å². The van der Waals surface area contributed by atoms with Gasteiger partial charge >= 0.3 is 5.97 Å². The van der Waals surface area contributed by atoms with Gasteiger partial charge in [-0.3, -0.25) is 0 Å². The lowest BCUT2D eigenvalue weighted by Crippen LogP contribution is -2.35. The number of ether oxygens (including phenoxy) is 2. The minimum absolute atomic E-state index is 0.0143. The van der Waals surface area contributed by atoms with Gasteiger partial charge in [0.15, 0.2) is 6.61 Å². The average molecular weight is 248 g/mol. The molecular formula is C15H20O3. The number of hydrogen-bond donors (Lipinski definition) is 0. The Balaban J connectivity index is 1.78. The Kier molecular flexibility index (Phi) is 4.24. The van der Waals surface area contributed by atoms with Crippen molar-refractivity contribution in [1.82, 2.24) is 0 Å². The van der Waals surface area contributed by atoms with Gasteiger partial charge in [0.25, 0.3) is 0 Å². The molecule has 3 nitrogen and oxygen atoms in total. The van der Waals surface area contributed by atoms with E-state index < -0.39 is 0 Å². The first-order valence-electron chi connectivity index (χ1n) is 6.58. The topological polar surface area (TPSA) is 35.5 Å². The number of carbonyl (C=O) groups excluding carboxylic acids is 1. The molecule has 0 atom stereocenters. The summed E-state index contributed by atoms with van der Waals surface area (Å²) in [6, 6.07) is 9.33. The van der Waals surface area contributed by atoms with Crippen LogP contribution in [-0.2, 0) is 9.53 Å². The molecule has 2 rings (SSSR count). The lowest BCUT2D eigenvalue weighted by atomic mass is 9.86. The third-order valence-electron chi connectivity index (χ3n) is 3.37. The molecule has 0 bridgehead atoms. The molecular weight excluding hydrogens is 228 g/mol. The van der Waals surface area contributed by atoms with Gasteiger partial charge in [-0.25, -0.2) is 4.79 Å². The molecule has 0 N–H and O–H groups in total. The van der Waals surface area contributed by atoms with Gasteiger partial charge in [-0.05, 0) is 44.7 Å². The second kappa shape index (κ2) is 5.89. The maximum atomic E-state index is 11.7. The second-order valence-corrected chi connectivity index (χ2v) is 5.09.